The molecule has 2 aromatic carbocycles. The van der Waals surface area contributed by atoms with Crippen LogP contribution in [0.3, 0.4) is 0 Å². The summed E-state index contributed by atoms with van der Waals surface area (Å²) in [7, 11) is -3.71. The van der Waals surface area contributed by atoms with Gasteiger partial charge in [0, 0.05) is 31.2 Å². The average Bonchev–Trinajstić information content (AvgIpc) is 3.22. The van der Waals surface area contributed by atoms with Crippen LogP contribution in [0.5, 0.6) is 0 Å². The lowest BCUT2D eigenvalue weighted by Crippen LogP contribution is -2.38. The molecule has 1 aromatic heterocycles. The van der Waals surface area contributed by atoms with Crippen LogP contribution in [0, 0.1) is 5.92 Å². The highest BCUT2D eigenvalue weighted by Gasteiger charge is 2.29. The summed E-state index contributed by atoms with van der Waals surface area (Å²) in [4.78, 5) is 0.301. The normalized spacial score (nSPS) is 16.3. The van der Waals surface area contributed by atoms with E-state index in [1.165, 1.54) is 5.56 Å². The van der Waals surface area contributed by atoms with E-state index in [1.807, 2.05) is 48.9 Å². The van der Waals surface area contributed by atoms with Crippen molar-refractivity contribution in [2.45, 2.75) is 63.9 Å². The van der Waals surface area contributed by atoms with Crippen molar-refractivity contribution in [3.8, 4) is 0 Å². The second-order valence-electron chi connectivity index (χ2n) is 8.68. The number of rotatable bonds is 8. The lowest BCUT2D eigenvalue weighted by molar-refractivity contribution is 0.0605. The minimum atomic E-state index is -3.71. The van der Waals surface area contributed by atoms with Crippen LogP contribution in [0.1, 0.15) is 45.6 Å². The quantitative estimate of drug-likeness (QED) is 0.478. The molecule has 4 rings (SSSR count). The molecule has 0 saturated carbocycles. The Kier molecular flexibility index (Phi) is 6.86. The van der Waals surface area contributed by atoms with E-state index >= 15 is 0 Å². The molecule has 2 heterocycles. The highest BCUT2D eigenvalue weighted by atomic mass is 32.2. The summed E-state index contributed by atoms with van der Waals surface area (Å²) in [5, 5.41) is 5.40. The maximum atomic E-state index is 13.7. The molecule has 32 heavy (non-hydrogen) atoms. The monoisotopic (exact) mass is 455 g/mol. The Morgan fingerprint density at radius 3 is 2.50 bits per heavy atom. The number of benzene rings is 2. The molecule has 6 nitrogen and oxygen atoms in total. The first-order valence-corrected chi connectivity index (χ1v) is 13.0. The van der Waals surface area contributed by atoms with E-state index in [2.05, 4.69) is 12.0 Å². The van der Waals surface area contributed by atoms with Gasteiger partial charge in [0.2, 0.25) is 0 Å². The van der Waals surface area contributed by atoms with Gasteiger partial charge in [0.15, 0.2) is 0 Å². The summed E-state index contributed by atoms with van der Waals surface area (Å²) < 4.78 is 36.5. The van der Waals surface area contributed by atoms with Crippen LogP contribution in [0.15, 0.2) is 53.6 Å². The first-order chi connectivity index (χ1) is 15.4. The summed E-state index contributed by atoms with van der Waals surface area (Å²) in [5.74, 6) is 0.544. The number of anilines is 1. The van der Waals surface area contributed by atoms with Crippen LogP contribution < -0.4 is 4.31 Å². The van der Waals surface area contributed by atoms with E-state index < -0.39 is 10.0 Å². The van der Waals surface area contributed by atoms with Crippen molar-refractivity contribution in [1.82, 2.24) is 9.78 Å². The number of hydrogen-bond acceptors (Lipinski definition) is 4. The van der Waals surface area contributed by atoms with Gasteiger partial charge in [0.1, 0.15) is 0 Å². The lowest BCUT2D eigenvalue weighted by atomic mass is 10.0. The number of aryl methyl sites for hydroxylation is 1. The van der Waals surface area contributed by atoms with E-state index in [1.54, 1.807) is 22.6 Å². The molecular weight excluding hydrogens is 422 g/mol. The lowest BCUT2D eigenvalue weighted by Gasteiger charge is -2.30. The molecule has 1 aliphatic heterocycles. The first kappa shape index (κ1) is 22.8. The van der Waals surface area contributed by atoms with Crippen LogP contribution in [-0.4, -0.2) is 37.5 Å². The highest BCUT2D eigenvalue weighted by molar-refractivity contribution is 7.92. The Morgan fingerprint density at radius 1 is 1.12 bits per heavy atom. The maximum Gasteiger partial charge on any atom is 0.264 e. The van der Waals surface area contributed by atoms with Crippen molar-refractivity contribution in [1.29, 1.82) is 0 Å². The van der Waals surface area contributed by atoms with Gasteiger partial charge in [-0.1, -0.05) is 26.0 Å². The third-order valence-electron chi connectivity index (χ3n) is 6.53. The third kappa shape index (κ3) is 4.55. The fourth-order valence-corrected chi connectivity index (χ4v) is 6.10. The fourth-order valence-electron chi connectivity index (χ4n) is 4.33. The van der Waals surface area contributed by atoms with Crippen molar-refractivity contribution in [3.05, 3.63) is 54.2 Å². The summed E-state index contributed by atoms with van der Waals surface area (Å²) in [6, 6.07) is 13.0. The van der Waals surface area contributed by atoms with Crippen LogP contribution >= 0.6 is 0 Å². The van der Waals surface area contributed by atoms with Gasteiger partial charge in [-0.25, -0.2) is 8.42 Å². The summed E-state index contributed by atoms with van der Waals surface area (Å²) in [6.45, 7) is 8.50. The second kappa shape index (κ2) is 9.63. The molecule has 0 N–H and O–H groups in total. The summed E-state index contributed by atoms with van der Waals surface area (Å²) in [5.41, 5.74) is 2.86. The average molecular weight is 456 g/mol. The Bertz CT molecular complexity index is 1150. The van der Waals surface area contributed by atoms with Crippen molar-refractivity contribution in [2.24, 2.45) is 5.92 Å². The van der Waals surface area contributed by atoms with Gasteiger partial charge in [-0.05, 0) is 74.4 Å². The molecular formula is C25H33N3O3S. The van der Waals surface area contributed by atoms with Gasteiger partial charge in [0.25, 0.3) is 10.0 Å². The smallest absolute Gasteiger partial charge is 0.264 e. The molecule has 1 saturated heterocycles. The molecule has 172 valence electrons. The van der Waals surface area contributed by atoms with E-state index in [0.29, 0.717) is 16.5 Å². The van der Waals surface area contributed by atoms with Gasteiger partial charge in [-0.2, -0.15) is 5.10 Å². The van der Waals surface area contributed by atoms with E-state index in [4.69, 9.17) is 4.74 Å². The van der Waals surface area contributed by atoms with Crippen molar-refractivity contribution < 1.29 is 13.2 Å². The topological polar surface area (TPSA) is 64.4 Å². The molecule has 0 unspecified atom stereocenters. The van der Waals surface area contributed by atoms with Crippen molar-refractivity contribution >= 4 is 26.6 Å². The molecule has 0 spiro atoms. The van der Waals surface area contributed by atoms with Crippen molar-refractivity contribution in [3.63, 3.8) is 0 Å². The van der Waals surface area contributed by atoms with Gasteiger partial charge in [-0.15, -0.1) is 0 Å². The predicted molar refractivity (Wildman–Crippen MR) is 129 cm³/mol. The predicted octanol–water partition coefficient (Wildman–Crippen LogP) is 5.02. The second-order valence-corrected chi connectivity index (χ2v) is 10.5. The number of aromatic nitrogens is 2. The summed E-state index contributed by atoms with van der Waals surface area (Å²) in [6.07, 6.45) is 5.49. The standard InChI is InChI=1S/C25H33N3O3S/c1-4-19(3)28(23-8-6-20(5-2)7-9-23)32(29,30)24-10-11-25-22(16-24)17-26-27(25)18-21-12-14-31-15-13-21/h6-11,16-17,19,21H,4-5,12-15,18H2,1-3H3/t19-/m1/s1. The Balaban J connectivity index is 1.66. The van der Waals surface area contributed by atoms with E-state index in [-0.39, 0.29) is 6.04 Å². The fraction of sp³-hybridized carbons (Fsp3) is 0.480. The van der Waals surface area contributed by atoms with Crippen LogP contribution in [0.2, 0.25) is 0 Å². The van der Waals surface area contributed by atoms with Gasteiger partial charge in [0.05, 0.1) is 22.3 Å². The van der Waals surface area contributed by atoms with E-state index in [9.17, 15) is 8.42 Å². The van der Waals surface area contributed by atoms with Crippen molar-refractivity contribution in [2.75, 3.05) is 17.5 Å². The molecule has 1 fully saturated rings. The number of ether oxygens (including phenoxy) is 1. The molecule has 0 aliphatic carbocycles. The minimum Gasteiger partial charge on any atom is -0.381 e. The number of sulfonamides is 1. The zero-order chi connectivity index (χ0) is 22.7. The number of nitrogens with zero attached hydrogens (tertiary/aromatic N) is 3. The van der Waals surface area contributed by atoms with Crippen LogP contribution in [0.25, 0.3) is 10.9 Å². The SMILES string of the molecule is CCc1ccc(N([C@H](C)CC)S(=O)(=O)c2ccc3c(cnn3CC3CCOCC3)c2)cc1. The molecule has 0 radical (unpaired) electrons. The van der Waals surface area contributed by atoms with E-state index in [0.717, 1.165) is 56.3 Å². The Morgan fingerprint density at radius 2 is 1.84 bits per heavy atom. The molecule has 0 bridgehead atoms. The van der Waals surface area contributed by atoms with Crippen LogP contribution in [0.4, 0.5) is 5.69 Å². The Hall–Kier alpha value is -2.38. The third-order valence-corrected chi connectivity index (χ3v) is 8.47. The molecule has 1 aliphatic rings. The molecule has 1 atom stereocenters. The number of fused-ring (bicyclic) bond motifs is 1. The Labute approximate surface area is 191 Å². The maximum absolute atomic E-state index is 13.7. The molecule has 3 aromatic rings. The summed E-state index contributed by atoms with van der Waals surface area (Å²) >= 11 is 0. The molecule has 0 amide bonds. The van der Waals surface area contributed by atoms with Gasteiger partial charge < -0.3 is 4.74 Å². The highest BCUT2D eigenvalue weighted by Crippen LogP contribution is 2.30. The number of hydrogen-bond donors (Lipinski definition) is 0. The minimum absolute atomic E-state index is 0.153. The first-order valence-electron chi connectivity index (χ1n) is 11.6. The van der Waals surface area contributed by atoms with Gasteiger partial charge in [-0.3, -0.25) is 8.99 Å². The largest absolute Gasteiger partial charge is 0.381 e. The zero-order valence-corrected chi connectivity index (χ0v) is 20.0. The zero-order valence-electron chi connectivity index (χ0n) is 19.2. The van der Waals surface area contributed by atoms with Crippen LogP contribution in [-0.2, 0) is 27.7 Å². The van der Waals surface area contributed by atoms with Gasteiger partial charge >= 0.3 is 0 Å². The molecule has 7 heteroatoms.